The monoisotopic (exact) mass is 186 g/mol. The highest BCUT2D eigenvalue weighted by Crippen LogP contribution is 1.95. The van der Waals surface area contributed by atoms with E-state index < -0.39 is 17.8 Å². The maximum Gasteiger partial charge on any atom is 0.325 e. The highest BCUT2D eigenvalue weighted by molar-refractivity contribution is 6.35. The van der Waals surface area contributed by atoms with Gasteiger partial charge in [0.1, 0.15) is 6.54 Å². The molecule has 1 fully saturated rings. The average molecular weight is 186 g/mol. The van der Waals surface area contributed by atoms with Crippen LogP contribution in [0.15, 0.2) is 0 Å². The van der Waals surface area contributed by atoms with Crippen molar-refractivity contribution in [2.75, 3.05) is 26.7 Å². The molecule has 1 N–H and O–H groups in total. The molecular weight excluding hydrogens is 176 g/mol. The van der Waals surface area contributed by atoms with Crippen LogP contribution in [0.1, 0.15) is 0 Å². The van der Waals surface area contributed by atoms with Crippen LogP contribution in [-0.2, 0) is 19.1 Å². The molecule has 1 saturated heterocycles. The molecule has 0 aromatic rings. The van der Waals surface area contributed by atoms with E-state index in [0.29, 0.717) is 13.1 Å². The molecule has 72 valence electrons. The first-order valence-electron chi connectivity index (χ1n) is 3.79. The molecule has 0 aromatic carbocycles. The Labute approximate surface area is 74.8 Å². The molecule has 0 radical (unpaired) electrons. The molecule has 0 aromatic heterocycles. The van der Waals surface area contributed by atoms with Gasteiger partial charge in [-0.1, -0.05) is 0 Å². The highest BCUT2D eigenvalue weighted by Gasteiger charge is 2.27. The summed E-state index contributed by atoms with van der Waals surface area (Å²) in [7, 11) is 1.23. The minimum absolute atomic E-state index is 0.164. The van der Waals surface area contributed by atoms with Gasteiger partial charge in [0.15, 0.2) is 0 Å². The number of carbonyl (C=O) groups excluding carboxylic acids is 3. The number of esters is 1. The van der Waals surface area contributed by atoms with Crippen molar-refractivity contribution in [3.8, 4) is 0 Å². The summed E-state index contributed by atoms with van der Waals surface area (Å²) < 4.78 is 4.37. The molecule has 6 nitrogen and oxygen atoms in total. The number of rotatable bonds is 2. The van der Waals surface area contributed by atoms with Crippen LogP contribution >= 0.6 is 0 Å². The second-order valence-corrected chi connectivity index (χ2v) is 2.56. The van der Waals surface area contributed by atoms with E-state index >= 15 is 0 Å². The first-order valence-corrected chi connectivity index (χ1v) is 3.79. The quantitative estimate of drug-likeness (QED) is 0.404. The lowest BCUT2D eigenvalue weighted by Gasteiger charge is -2.24. The molecule has 2 amide bonds. The molecular formula is C7H10N2O4. The molecule has 0 unspecified atom stereocenters. The van der Waals surface area contributed by atoms with Crippen LogP contribution in [0.2, 0.25) is 0 Å². The summed E-state index contributed by atoms with van der Waals surface area (Å²) in [5, 5.41) is 2.37. The van der Waals surface area contributed by atoms with Gasteiger partial charge in [-0.05, 0) is 0 Å². The van der Waals surface area contributed by atoms with Gasteiger partial charge in [0.05, 0.1) is 7.11 Å². The van der Waals surface area contributed by atoms with Crippen LogP contribution in [0, 0.1) is 0 Å². The van der Waals surface area contributed by atoms with Crippen molar-refractivity contribution < 1.29 is 19.1 Å². The minimum Gasteiger partial charge on any atom is -0.468 e. The first kappa shape index (κ1) is 9.50. The van der Waals surface area contributed by atoms with Crippen LogP contribution in [-0.4, -0.2) is 49.4 Å². The van der Waals surface area contributed by atoms with Crippen molar-refractivity contribution in [3.05, 3.63) is 0 Å². The number of amides is 2. The number of piperazine rings is 1. The summed E-state index contributed by atoms with van der Waals surface area (Å²) in [5.41, 5.74) is 0. The Morgan fingerprint density at radius 1 is 1.62 bits per heavy atom. The van der Waals surface area contributed by atoms with Gasteiger partial charge in [-0.3, -0.25) is 14.4 Å². The van der Waals surface area contributed by atoms with Crippen molar-refractivity contribution in [1.29, 1.82) is 0 Å². The van der Waals surface area contributed by atoms with Gasteiger partial charge in [0.2, 0.25) is 0 Å². The summed E-state index contributed by atoms with van der Waals surface area (Å²) in [5.74, 6) is -1.88. The number of ether oxygens (including phenoxy) is 1. The van der Waals surface area contributed by atoms with E-state index in [0.717, 1.165) is 4.90 Å². The second-order valence-electron chi connectivity index (χ2n) is 2.56. The van der Waals surface area contributed by atoms with Gasteiger partial charge < -0.3 is 15.0 Å². The van der Waals surface area contributed by atoms with E-state index in [2.05, 4.69) is 10.1 Å². The summed E-state index contributed by atoms with van der Waals surface area (Å²) >= 11 is 0. The zero-order chi connectivity index (χ0) is 9.84. The van der Waals surface area contributed by atoms with Crippen LogP contribution < -0.4 is 5.32 Å². The lowest BCUT2D eigenvalue weighted by atomic mass is 10.3. The summed E-state index contributed by atoms with van der Waals surface area (Å²) in [6.45, 7) is 0.560. The van der Waals surface area contributed by atoms with Crippen LogP contribution in [0.25, 0.3) is 0 Å². The van der Waals surface area contributed by atoms with Gasteiger partial charge in [0.25, 0.3) is 0 Å². The van der Waals surface area contributed by atoms with E-state index in [-0.39, 0.29) is 6.54 Å². The zero-order valence-corrected chi connectivity index (χ0v) is 7.20. The summed E-state index contributed by atoms with van der Waals surface area (Å²) in [6, 6.07) is 0. The maximum atomic E-state index is 11.1. The van der Waals surface area contributed by atoms with E-state index in [1.807, 2.05) is 0 Å². The number of hydrogen-bond acceptors (Lipinski definition) is 4. The number of carbonyl (C=O) groups is 3. The van der Waals surface area contributed by atoms with Crippen molar-refractivity contribution >= 4 is 17.8 Å². The van der Waals surface area contributed by atoms with Crippen molar-refractivity contribution in [3.63, 3.8) is 0 Å². The normalized spacial score (nSPS) is 16.8. The lowest BCUT2D eigenvalue weighted by molar-refractivity contribution is -0.153. The van der Waals surface area contributed by atoms with Crippen LogP contribution in [0.5, 0.6) is 0 Å². The maximum absolute atomic E-state index is 11.1. The third-order valence-corrected chi connectivity index (χ3v) is 1.70. The fourth-order valence-electron chi connectivity index (χ4n) is 0.996. The van der Waals surface area contributed by atoms with Crippen LogP contribution in [0.3, 0.4) is 0 Å². The SMILES string of the molecule is COC(=O)CN1CCNC(=O)C1=O. The zero-order valence-electron chi connectivity index (χ0n) is 7.20. The fraction of sp³-hybridized carbons (Fsp3) is 0.571. The fourth-order valence-corrected chi connectivity index (χ4v) is 0.996. The predicted octanol–water partition coefficient (Wildman–Crippen LogP) is -1.88. The molecule has 0 aliphatic carbocycles. The molecule has 1 aliphatic rings. The lowest BCUT2D eigenvalue weighted by Crippen LogP contribution is -2.53. The van der Waals surface area contributed by atoms with E-state index in [1.165, 1.54) is 7.11 Å². The van der Waals surface area contributed by atoms with E-state index in [1.54, 1.807) is 0 Å². The third-order valence-electron chi connectivity index (χ3n) is 1.70. The van der Waals surface area contributed by atoms with Crippen LogP contribution in [0.4, 0.5) is 0 Å². The Bertz CT molecular complexity index is 251. The van der Waals surface area contributed by atoms with Crippen molar-refractivity contribution in [2.24, 2.45) is 0 Å². The van der Waals surface area contributed by atoms with E-state index in [4.69, 9.17) is 0 Å². The highest BCUT2D eigenvalue weighted by atomic mass is 16.5. The molecule has 0 saturated carbocycles. The first-order chi connectivity index (χ1) is 6.15. The average Bonchev–Trinajstić information content (AvgIpc) is 2.13. The third kappa shape index (κ3) is 2.17. The topological polar surface area (TPSA) is 75.7 Å². The van der Waals surface area contributed by atoms with Crippen molar-refractivity contribution in [1.82, 2.24) is 10.2 Å². The number of nitrogens with one attached hydrogen (secondary N) is 1. The standard InChI is InChI=1S/C7H10N2O4/c1-13-5(10)4-9-3-2-8-6(11)7(9)12/h2-4H2,1H3,(H,8,11). The summed E-state index contributed by atoms with van der Waals surface area (Å²) in [6.07, 6.45) is 0. The molecule has 0 atom stereocenters. The minimum atomic E-state index is -0.684. The second kappa shape index (κ2) is 3.88. The number of hydrogen-bond donors (Lipinski definition) is 1. The Morgan fingerprint density at radius 2 is 2.31 bits per heavy atom. The Morgan fingerprint density at radius 3 is 2.92 bits per heavy atom. The van der Waals surface area contributed by atoms with Gasteiger partial charge >= 0.3 is 17.8 Å². The number of nitrogens with zero attached hydrogens (tertiary/aromatic N) is 1. The smallest absolute Gasteiger partial charge is 0.325 e. The van der Waals surface area contributed by atoms with Gasteiger partial charge in [-0.15, -0.1) is 0 Å². The molecule has 13 heavy (non-hydrogen) atoms. The van der Waals surface area contributed by atoms with Crippen molar-refractivity contribution in [2.45, 2.75) is 0 Å². The Kier molecular flexibility index (Phi) is 2.84. The molecule has 1 rings (SSSR count). The van der Waals surface area contributed by atoms with Gasteiger partial charge in [0, 0.05) is 13.1 Å². The molecule has 1 aliphatic heterocycles. The van der Waals surface area contributed by atoms with E-state index in [9.17, 15) is 14.4 Å². The Hall–Kier alpha value is -1.59. The van der Waals surface area contributed by atoms with Gasteiger partial charge in [-0.2, -0.15) is 0 Å². The largest absolute Gasteiger partial charge is 0.468 e. The summed E-state index contributed by atoms with van der Waals surface area (Å²) in [4.78, 5) is 33.8. The number of methoxy groups -OCH3 is 1. The molecule has 0 bridgehead atoms. The Balaban J connectivity index is 2.54. The van der Waals surface area contributed by atoms with Gasteiger partial charge in [-0.25, -0.2) is 0 Å². The molecule has 6 heteroatoms. The predicted molar refractivity (Wildman–Crippen MR) is 41.6 cm³/mol. The molecule has 0 spiro atoms. The molecule has 1 heterocycles.